The highest BCUT2D eigenvalue weighted by Gasteiger charge is 2.17. The molecule has 0 fully saturated rings. The predicted molar refractivity (Wildman–Crippen MR) is 182 cm³/mol. The molecule has 0 radical (unpaired) electrons. The molecule has 2 aliphatic rings. The molecule has 2 rings (SSSR count). The standard InChI is InChI=1S/C40H48O2/c1-27(17-13-19-29(3)21-23-37-31(5)25-39(41)35(9)33(37)7)15-11-12-16-28(2)18-14-20-30(4)22-24-38-32(6)26-40(42)36(10)34(38)8/h11,13-15,17-26H,12,16H2,1-10H3/b15-11+,19-13+,20-14+,27-17+,28-18+,29-21+,30-22+,37-23+,38-24+. The quantitative estimate of drug-likeness (QED) is 0.249. The average molecular weight is 561 g/mol. The van der Waals surface area contributed by atoms with Gasteiger partial charge in [0.15, 0.2) is 11.6 Å². The van der Waals surface area contributed by atoms with E-state index < -0.39 is 0 Å². The summed E-state index contributed by atoms with van der Waals surface area (Å²) >= 11 is 0. The molecule has 0 aliphatic heterocycles. The number of ketones is 2. The lowest BCUT2D eigenvalue weighted by molar-refractivity contribution is -0.112. The molecular weight excluding hydrogens is 512 g/mol. The lowest BCUT2D eigenvalue weighted by Crippen LogP contribution is -2.07. The average Bonchev–Trinajstić information content (AvgIpc) is 2.92. The van der Waals surface area contributed by atoms with Crippen LogP contribution in [0.3, 0.4) is 0 Å². The summed E-state index contributed by atoms with van der Waals surface area (Å²) in [6.45, 7) is 20.3. The van der Waals surface area contributed by atoms with Gasteiger partial charge in [0, 0.05) is 0 Å². The van der Waals surface area contributed by atoms with E-state index >= 15 is 0 Å². The van der Waals surface area contributed by atoms with Crippen molar-refractivity contribution in [1.29, 1.82) is 0 Å². The summed E-state index contributed by atoms with van der Waals surface area (Å²) in [5.74, 6) is 0.222. The van der Waals surface area contributed by atoms with Gasteiger partial charge in [-0.3, -0.25) is 9.59 Å². The van der Waals surface area contributed by atoms with Crippen molar-refractivity contribution in [1.82, 2.24) is 0 Å². The fourth-order valence-corrected chi connectivity index (χ4v) is 4.62. The van der Waals surface area contributed by atoms with E-state index in [-0.39, 0.29) is 11.6 Å². The third kappa shape index (κ3) is 10.4. The minimum Gasteiger partial charge on any atom is -0.290 e. The van der Waals surface area contributed by atoms with Gasteiger partial charge < -0.3 is 0 Å². The van der Waals surface area contributed by atoms with E-state index in [4.69, 9.17) is 0 Å². The fraction of sp³-hybridized carbons (Fsp3) is 0.300. The SMILES string of the molecule is CC1=CC(=O)C(C)=C(C)/C1=C/C=C(C)/C=C/C=C(C)/C=C/CC/C(C)=C/C=C/C(C)=C/C=C1\C(C)=CC(=O)C(C)=C1C. The summed E-state index contributed by atoms with van der Waals surface area (Å²) in [7, 11) is 0. The maximum atomic E-state index is 12.0. The molecule has 2 nitrogen and oxygen atoms in total. The van der Waals surface area contributed by atoms with E-state index in [1.807, 2.05) is 41.5 Å². The van der Waals surface area contributed by atoms with E-state index in [1.165, 1.54) is 11.1 Å². The largest absolute Gasteiger partial charge is 0.290 e. The Hall–Kier alpha value is -4.04. The summed E-state index contributed by atoms with van der Waals surface area (Å²) in [5, 5.41) is 0. The van der Waals surface area contributed by atoms with Gasteiger partial charge in [0.2, 0.25) is 0 Å². The van der Waals surface area contributed by atoms with Crippen LogP contribution >= 0.6 is 0 Å². The minimum absolute atomic E-state index is 0.110. The number of allylic oxidation sites excluding steroid dienone is 26. The van der Waals surface area contributed by atoms with Crippen LogP contribution in [0, 0.1) is 0 Å². The molecule has 0 heterocycles. The third-order valence-electron chi connectivity index (χ3n) is 7.79. The first kappa shape index (κ1) is 34.2. The Morgan fingerprint density at radius 2 is 1.00 bits per heavy atom. The first-order chi connectivity index (χ1) is 19.8. The van der Waals surface area contributed by atoms with Crippen LogP contribution in [-0.2, 0) is 9.59 Å². The Balaban J connectivity index is 1.87. The Morgan fingerprint density at radius 3 is 1.48 bits per heavy atom. The summed E-state index contributed by atoms with van der Waals surface area (Å²) < 4.78 is 0. The molecule has 0 atom stereocenters. The first-order valence-electron chi connectivity index (χ1n) is 14.8. The van der Waals surface area contributed by atoms with E-state index in [1.54, 1.807) is 12.2 Å². The lowest BCUT2D eigenvalue weighted by atomic mass is 9.88. The van der Waals surface area contributed by atoms with E-state index in [9.17, 15) is 9.59 Å². The Morgan fingerprint density at radius 1 is 0.571 bits per heavy atom. The van der Waals surface area contributed by atoms with Crippen LogP contribution in [-0.4, -0.2) is 11.6 Å². The second-order valence-electron chi connectivity index (χ2n) is 11.4. The molecule has 0 aromatic rings. The highest BCUT2D eigenvalue weighted by molar-refractivity contribution is 6.08. The fourth-order valence-electron chi connectivity index (χ4n) is 4.62. The lowest BCUT2D eigenvalue weighted by Gasteiger charge is -2.16. The third-order valence-corrected chi connectivity index (χ3v) is 7.79. The zero-order valence-corrected chi connectivity index (χ0v) is 27.3. The van der Waals surface area contributed by atoms with Gasteiger partial charge in [0.25, 0.3) is 0 Å². The molecular formula is C40H48O2. The van der Waals surface area contributed by atoms with Crippen LogP contribution in [0.25, 0.3) is 0 Å². The second-order valence-corrected chi connectivity index (χ2v) is 11.4. The summed E-state index contributed by atoms with van der Waals surface area (Å²) in [6, 6.07) is 0. The van der Waals surface area contributed by atoms with Gasteiger partial charge in [-0.1, -0.05) is 95.2 Å². The minimum atomic E-state index is 0.110. The van der Waals surface area contributed by atoms with Crippen molar-refractivity contribution >= 4 is 11.6 Å². The van der Waals surface area contributed by atoms with Crippen molar-refractivity contribution in [3.63, 3.8) is 0 Å². The van der Waals surface area contributed by atoms with Crippen molar-refractivity contribution in [3.8, 4) is 0 Å². The van der Waals surface area contributed by atoms with Gasteiger partial charge in [-0.25, -0.2) is 0 Å². The molecule has 0 aromatic heterocycles. The summed E-state index contributed by atoms with van der Waals surface area (Å²) in [5.41, 5.74) is 12.9. The smallest absolute Gasteiger partial charge is 0.182 e. The van der Waals surface area contributed by atoms with Crippen LogP contribution in [0.4, 0.5) is 0 Å². The van der Waals surface area contributed by atoms with Gasteiger partial charge in [0.1, 0.15) is 0 Å². The molecule has 2 aliphatic carbocycles. The first-order valence-corrected chi connectivity index (χ1v) is 14.8. The second kappa shape index (κ2) is 16.4. The van der Waals surface area contributed by atoms with Crippen LogP contribution in [0.15, 0.2) is 152 Å². The van der Waals surface area contributed by atoms with Gasteiger partial charge in [-0.2, -0.15) is 0 Å². The van der Waals surface area contributed by atoms with Gasteiger partial charge in [-0.15, -0.1) is 0 Å². The van der Waals surface area contributed by atoms with Crippen molar-refractivity contribution in [3.05, 3.63) is 152 Å². The Labute approximate surface area is 254 Å². The molecule has 0 N–H and O–H groups in total. The number of carbonyl (C=O) groups is 2. The van der Waals surface area contributed by atoms with Crippen LogP contribution in [0.5, 0.6) is 0 Å². The van der Waals surface area contributed by atoms with Crippen LogP contribution in [0.1, 0.15) is 82.1 Å². The van der Waals surface area contributed by atoms with Gasteiger partial charge in [-0.05, 0) is 139 Å². The van der Waals surface area contributed by atoms with Gasteiger partial charge in [0.05, 0.1) is 0 Å². The number of hydrogen-bond donors (Lipinski definition) is 0. The number of rotatable bonds is 10. The van der Waals surface area contributed by atoms with Gasteiger partial charge >= 0.3 is 0 Å². The maximum absolute atomic E-state index is 12.0. The summed E-state index contributed by atoms with van der Waals surface area (Å²) in [4.78, 5) is 23.9. The predicted octanol–water partition coefficient (Wildman–Crippen LogP) is 10.8. The Bertz CT molecular complexity index is 1500. The van der Waals surface area contributed by atoms with Crippen molar-refractivity contribution < 1.29 is 9.59 Å². The summed E-state index contributed by atoms with van der Waals surface area (Å²) in [6.07, 6.45) is 31.0. The monoisotopic (exact) mass is 560 g/mol. The molecule has 0 bridgehead atoms. The van der Waals surface area contributed by atoms with E-state index in [0.29, 0.717) is 0 Å². The van der Waals surface area contributed by atoms with E-state index in [0.717, 1.165) is 68.6 Å². The molecule has 0 spiro atoms. The van der Waals surface area contributed by atoms with Crippen LogP contribution in [0.2, 0.25) is 0 Å². The molecule has 2 heteroatoms. The zero-order valence-electron chi connectivity index (χ0n) is 27.3. The normalized spacial score (nSPS) is 20.4. The number of carbonyl (C=O) groups excluding carboxylic acids is 2. The van der Waals surface area contributed by atoms with Crippen molar-refractivity contribution in [2.24, 2.45) is 0 Å². The number of hydrogen-bond acceptors (Lipinski definition) is 2. The highest BCUT2D eigenvalue weighted by Crippen LogP contribution is 2.28. The van der Waals surface area contributed by atoms with Crippen molar-refractivity contribution in [2.75, 3.05) is 0 Å². The van der Waals surface area contributed by atoms with Crippen LogP contribution < -0.4 is 0 Å². The molecule has 42 heavy (non-hydrogen) atoms. The zero-order chi connectivity index (χ0) is 31.4. The molecule has 0 saturated heterocycles. The molecule has 0 aromatic carbocycles. The maximum Gasteiger partial charge on any atom is 0.182 e. The molecule has 0 saturated carbocycles. The Kier molecular flexibility index (Phi) is 13.4. The van der Waals surface area contributed by atoms with Crippen molar-refractivity contribution in [2.45, 2.75) is 82.1 Å². The highest BCUT2D eigenvalue weighted by atomic mass is 16.1. The van der Waals surface area contributed by atoms with E-state index in [2.05, 4.69) is 101 Å². The molecule has 0 unspecified atom stereocenters. The molecule has 220 valence electrons. The topological polar surface area (TPSA) is 34.1 Å². The molecule has 0 amide bonds.